The molecule has 0 atom stereocenters. The molecule has 0 aliphatic carbocycles. The van der Waals surface area contributed by atoms with Crippen molar-refractivity contribution in [2.75, 3.05) is 19.5 Å². The summed E-state index contributed by atoms with van der Waals surface area (Å²) in [4.78, 5) is 16.6. The molecule has 26 heavy (non-hydrogen) atoms. The molecule has 1 aromatic heterocycles. The standard InChI is InChI=1S/C19H19N3O4/c1-12-6-4-5-7-14(12)19-21-18(26-22-19)11-17(23)20-15-9-8-13(24-2)10-16(15)25-3/h4-10H,11H2,1-3H3,(H,20,23). The lowest BCUT2D eigenvalue weighted by Gasteiger charge is -2.10. The fraction of sp³-hybridized carbons (Fsp3) is 0.211. The van der Waals surface area contributed by atoms with Crippen LogP contribution in [-0.4, -0.2) is 30.3 Å². The number of carbonyl (C=O) groups is 1. The van der Waals surface area contributed by atoms with Crippen molar-refractivity contribution in [1.29, 1.82) is 0 Å². The molecule has 7 heteroatoms. The SMILES string of the molecule is COc1ccc(NC(=O)Cc2nc(-c3ccccc3C)no2)c(OC)c1. The second-order valence-corrected chi connectivity index (χ2v) is 5.62. The number of ether oxygens (including phenoxy) is 2. The van der Waals surface area contributed by atoms with E-state index in [1.807, 2.05) is 31.2 Å². The summed E-state index contributed by atoms with van der Waals surface area (Å²) in [5.74, 6) is 1.57. The van der Waals surface area contributed by atoms with Gasteiger partial charge in [0.2, 0.25) is 17.6 Å². The number of nitrogens with one attached hydrogen (secondary N) is 1. The normalized spacial score (nSPS) is 10.4. The first kappa shape index (κ1) is 17.5. The van der Waals surface area contributed by atoms with Crippen LogP contribution in [0.3, 0.4) is 0 Å². The van der Waals surface area contributed by atoms with Crippen LogP contribution in [0.5, 0.6) is 11.5 Å². The predicted molar refractivity (Wildman–Crippen MR) is 96.4 cm³/mol. The Morgan fingerprint density at radius 2 is 1.96 bits per heavy atom. The van der Waals surface area contributed by atoms with Crippen molar-refractivity contribution in [3.8, 4) is 22.9 Å². The molecule has 134 valence electrons. The molecule has 0 unspecified atom stereocenters. The quantitative estimate of drug-likeness (QED) is 0.732. The number of hydrogen-bond acceptors (Lipinski definition) is 6. The first-order chi connectivity index (χ1) is 12.6. The van der Waals surface area contributed by atoms with Crippen LogP contribution in [0.25, 0.3) is 11.4 Å². The monoisotopic (exact) mass is 353 g/mol. The van der Waals surface area contributed by atoms with Crippen LogP contribution in [0.1, 0.15) is 11.5 Å². The smallest absolute Gasteiger partial charge is 0.236 e. The Labute approximate surface area is 150 Å². The van der Waals surface area contributed by atoms with E-state index >= 15 is 0 Å². The van der Waals surface area contributed by atoms with Gasteiger partial charge in [-0.05, 0) is 24.6 Å². The van der Waals surface area contributed by atoms with Crippen LogP contribution in [0.15, 0.2) is 47.0 Å². The molecule has 1 amide bonds. The van der Waals surface area contributed by atoms with Crippen molar-refractivity contribution in [3.05, 3.63) is 53.9 Å². The van der Waals surface area contributed by atoms with Crippen LogP contribution < -0.4 is 14.8 Å². The summed E-state index contributed by atoms with van der Waals surface area (Å²) in [5, 5.41) is 6.73. The molecule has 1 heterocycles. The fourth-order valence-corrected chi connectivity index (χ4v) is 2.49. The minimum atomic E-state index is -0.284. The summed E-state index contributed by atoms with van der Waals surface area (Å²) < 4.78 is 15.6. The van der Waals surface area contributed by atoms with E-state index in [9.17, 15) is 4.79 Å². The van der Waals surface area contributed by atoms with Crippen molar-refractivity contribution >= 4 is 11.6 Å². The van der Waals surface area contributed by atoms with Gasteiger partial charge in [-0.15, -0.1) is 0 Å². The first-order valence-electron chi connectivity index (χ1n) is 8.01. The molecule has 0 saturated heterocycles. The van der Waals surface area contributed by atoms with E-state index in [0.717, 1.165) is 11.1 Å². The van der Waals surface area contributed by atoms with Gasteiger partial charge in [-0.2, -0.15) is 4.98 Å². The maximum atomic E-state index is 12.3. The number of aromatic nitrogens is 2. The zero-order valence-corrected chi connectivity index (χ0v) is 14.8. The first-order valence-corrected chi connectivity index (χ1v) is 8.01. The van der Waals surface area contributed by atoms with Gasteiger partial charge in [-0.3, -0.25) is 4.79 Å². The topological polar surface area (TPSA) is 86.5 Å². The second-order valence-electron chi connectivity index (χ2n) is 5.62. The minimum absolute atomic E-state index is 0.0337. The molecule has 2 aromatic carbocycles. The van der Waals surface area contributed by atoms with Gasteiger partial charge in [0.15, 0.2) is 0 Å². The van der Waals surface area contributed by atoms with Gasteiger partial charge in [0, 0.05) is 11.6 Å². The summed E-state index contributed by atoms with van der Waals surface area (Å²) in [6.45, 7) is 1.97. The maximum Gasteiger partial charge on any atom is 0.236 e. The summed E-state index contributed by atoms with van der Waals surface area (Å²) in [7, 11) is 3.09. The van der Waals surface area contributed by atoms with E-state index in [1.165, 1.54) is 7.11 Å². The molecule has 0 radical (unpaired) electrons. The average molecular weight is 353 g/mol. The third-order valence-corrected chi connectivity index (χ3v) is 3.85. The Bertz CT molecular complexity index is 921. The Hall–Kier alpha value is -3.35. The van der Waals surface area contributed by atoms with Crippen molar-refractivity contribution < 1.29 is 18.8 Å². The minimum Gasteiger partial charge on any atom is -0.497 e. The Kier molecular flexibility index (Phi) is 5.17. The van der Waals surface area contributed by atoms with Crippen molar-refractivity contribution in [3.63, 3.8) is 0 Å². The second kappa shape index (κ2) is 7.69. The third kappa shape index (κ3) is 3.83. The number of benzene rings is 2. The zero-order chi connectivity index (χ0) is 18.5. The number of aryl methyl sites for hydroxylation is 1. The molecule has 0 bridgehead atoms. The van der Waals surface area contributed by atoms with Gasteiger partial charge >= 0.3 is 0 Å². The number of amides is 1. The van der Waals surface area contributed by atoms with E-state index in [4.69, 9.17) is 14.0 Å². The number of rotatable bonds is 6. The lowest BCUT2D eigenvalue weighted by atomic mass is 10.1. The van der Waals surface area contributed by atoms with Crippen LogP contribution in [0.4, 0.5) is 5.69 Å². The molecule has 0 aliphatic rings. The van der Waals surface area contributed by atoms with Gasteiger partial charge in [-0.25, -0.2) is 0 Å². The largest absolute Gasteiger partial charge is 0.497 e. The van der Waals surface area contributed by atoms with Crippen LogP contribution in [-0.2, 0) is 11.2 Å². The molecule has 0 spiro atoms. The molecule has 3 aromatic rings. The third-order valence-electron chi connectivity index (χ3n) is 3.85. The van der Waals surface area contributed by atoms with E-state index < -0.39 is 0 Å². The molecule has 7 nitrogen and oxygen atoms in total. The number of nitrogens with zero attached hydrogens (tertiary/aromatic N) is 2. The van der Waals surface area contributed by atoms with Gasteiger partial charge < -0.3 is 19.3 Å². The molecule has 0 aliphatic heterocycles. The van der Waals surface area contributed by atoms with Crippen LogP contribution >= 0.6 is 0 Å². The predicted octanol–water partition coefficient (Wildman–Crippen LogP) is 3.24. The molecule has 3 rings (SSSR count). The molecule has 1 N–H and O–H groups in total. The van der Waals surface area contributed by atoms with Gasteiger partial charge in [0.25, 0.3) is 0 Å². The number of carbonyl (C=O) groups excluding carboxylic acids is 1. The highest BCUT2D eigenvalue weighted by Gasteiger charge is 2.15. The Morgan fingerprint density at radius 1 is 1.15 bits per heavy atom. The van der Waals surface area contributed by atoms with E-state index in [0.29, 0.717) is 23.0 Å². The number of hydrogen-bond donors (Lipinski definition) is 1. The lowest BCUT2D eigenvalue weighted by Crippen LogP contribution is -2.15. The summed E-state index contributed by atoms with van der Waals surface area (Å²) in [6.07, 6.45) is -0.0337. The molecular formula is C19H19N3O4. The highest BCUT2D eigenvalue weighted by atomic mass is 16.5. The van der Waals surface area contributed by atoms with Crippen molar-refractivity contribution in [2.24, 2.45) is 0 Å². The Morgan fingerprint density at radius 3 is 2.69 bits per heavy atom. The number of methoxy groups -OCH3 is 2. The highest BCUT2D eigenvalue weighted by molar-refractivity contribution is 5.93. The van der Waals surface area contributed by atoms with Crippen molar-refractivity contribution in [1.82, 2.24) is 10.1 Å². The lowest BCUT2D eigenvalue weighted by molar-refractivity contribution is -0.115. The maximum absolute atomic E-state index is 12.3. The van der Waals surface area contributed by atoms with E-state index in [1.54, 1.807) is 25.3 Å². The molecular weight excluding hydrogens is 334 g/mol. The summed E-state index contributed by atoms with van der Waals surface area (Å²) in [5.41, 5.74) is 2.45. The van der Waals surface area contributed by atoms with Crippen molar-refractivity contribution in [2.45, 2.75) is 13.3 Å². The van der Waals surface area contributed by atoms with Gasteiger partial charge in [-0.1, -0.05) is 29.4 Å². The fourth-order valence-electron chi connectivity index (χ4n) is 2.49. The average Bonchev–Trinajstić information content (AvgIpc) is 3.10. The van der Waals surface area contributed by atoms with E-state index in [-0.39, 0.29) is 18.2 Å². The Balaban J connectivity index is 1.71. The highest BCUT2D eigenvalue weighted by Crippen LogP contribution is 2.29. The summed E-state index contributed by atoms with van der Waals surface area (Å²) >= 11 is 0. The number of anilines is 1. The van der Waals surface area contributed by atoms with Crippen LogP contribution in [0, 0.1) is 6.92 Å². The summed E-state index contributed by atoms with van der Waals surface area (Å²) in [6, 6.07) is 12.9. The van der Waals surface area contributed by atoms with E-state index in [2.05, 4.69) is 15.5 Å². The van der Waals surface area contributed by atoms with Gasteiger partial charge in [0.1, 0.15) is 17.9 Å². The molecule has 0 saturated carbocycles. The van der Waals surface area contributed by atoms with Gasteiger partial charge in [0.05, 0.1) is 19.9 Å². The van der Waals surface area contributed by atoms with Crippen LogP contribution in [0.2, 0.25) is 0 Å². The zero-order valence-electron chi connectivity index (χ0n) is 14.8. The molecule has 0 fully saturated rings.